The highest BCUT2D eigenvalue weighted by Crippen LogP contribution is 2.69. The number of hydrogen-bond donors (Lipinski definition) is 3. The van der Waals surface area contributed by atoms with Gasteiger partial charge < -0.3 is 29.2 Å². The van der Waals surface area contributed by atoms with Crippen molar-refractivity contribution in [2.24, 2.45) is 80.8 Å². The number of esters is 2. The van der Waals surface area contributed by atoms with Crippen molar-refractivity contribution in [2.45, 2.75) is 169 Å². The predicted molar refractivity (Wildman–Crippen MR) is 295 cm³/mol. The minimum Gasteiger partial charge on any atom is -0.461 e. The van der Waals surface area contributed by atoms with Crippen LogP contribution in [0.2, 0.25) is 0 Å². The van der Waals surface area contributed by atoms with Crippen molar-refractivity contribution < 1.29 is 70.6 Å². The molecule has 10 rings (SSSR count). The number of H-pyrrole nitrogens is 1. The maximum atomic E-state index is 13.5. The first-order valence-electron chi connectivity index (χ1n) is 34.4. The summed E-state index contributed by atoms with van der Waals surface area (Å²) in [6.45, 7) is 10.9. The Morgan fingerprint density at radius 2 is 1.22 bits per heavy atom. The lowest BCUT2D eigenvalue weighted by Crippen LogP contribution is -2.57. The first-order chi connectivity index (χ1) is 41.1. The van der Waals surface area contributed by atoms with Gasteiger partial charge in [-0.25, -0.2) is 9.59 Å². The van der Waals surface area contributed by atoms with Crippen LogP contribution < -0.4 is 0 Å². The lowest BCUT2D eigenvalue weighted by Gasteiger charge is -2.61. The van der Waals surface area contributed by atoms with E-state index in [0.717, 1.165) is 95.7 Å². The van der Waals surface area contributed by atoms with E-state index in [1.807, 2.05) is 14.2 Å². The number of nitrogens with zero attached hydrogens (tertiary/aromatic N) is 3. The molecule has 0 aromatic carbocycles. The summed E-state index contributed by atoms with van der Waals surface area (Å²) in [5.41, 5.74) is 1.36. The molecule has 0 amide bonds. The number of rotatable bonds is 13. The number of halogens is 1. The van der Waals surface area contributed by atoms with Gasteiger partial charge in [-0.15, -0.1) is 0 Å². The average molecular weight is 1100 g/mol. The Labute approximate surface area is 461 Å². The van der Waals surface area contributed by atoms with Gasteiger partial charge in [0.15, 0.2) is 11.5 Å². The van der Waals surface area contributed by atoms with E-state index in [9.17, 15) is 29.4 Å². The molecule has 8 fully saturated rings. The summed E-state index contributed by atoms with van der Waals surface area (Å²) in [7, 11) is 3.69. The molecule has 0 radical (unpaired) electrons. The lowest BCUT2D eigenvalue weighted by molar-refractivity contribution is -0.161. The molecule has 2 heterocycles. The van der Waals surface area contributed by atoms with E-state index in [4.69, 9.17) is 35.0 Å². The van der Waals surface area contributed by atoms with Gasteiger partial charge in [-0.3, -0.25) is 19.4 Å². The number of methoxy groups -OCH3 is 2. The van der Waals surface area contributed by atoms with E-state index in [-0.39, 0.29) is 78.5 Å². The summed E-state index contributed by atoms with van der Waals surface area (Å²) >= 11 is 3.42. The number of fused-ring (bicyclic) bond motifs is 10. The number of nitrogens with one attached hydrogen (secondary N) is 1. The number of aromatic nitrogens is 4. The van der Waals surface area contributed by atoms with Gasteiger partial charge in [0, 0.05) is 60.7 Å². The SMILES string of the molecule is C.CCOC(=O)c1ccn(CC(=O)[C@H]2CC[C@H]3[C@@H]4CC[C@H]5C[C@H](O)CC[C@]5(COC)[C@H]4CC[C@]23C)n1.CCOC(=O)c1ccn[nH]1.COC[C@]12CC[C@@H](O)C[C@@H]1CC[C@H]1[C@@H]3CC[C@H](C(=O)CBr)[C@@]3(C)CC[C@@H]12.[2HH].[2H][2H].[2H][2H].[2H][2H].[2H][2H].[2H][2H].[2H][2H].[2H][2H]. The number of aliphatic hydroxyl groups excluding tert-OH is 2. The summed E-state index contributed by atoms with van der Waals surface area (Å²) in [5, 5.41) is 31.6. The molecular formula is C57H105BrN4O10. The van der Waals surface area contributed by atoms with Gasteiger partial charge in [0.25, 0.3) is 0 Å². The molecule has 420 valence electrons. The largest absolute Gasteiger partial charge is 0.461 e. The molecule has 8 aliphatic rings. The predicted octanol–water partition coefficient (Wildman–Crippen LogP) is 12.1. The Kier molecular flexibility index (Phi) is 15.8. The quantitative estimate of drug-likeness (QED) is 0.127. The number of aromatic amines is 1. The van der Waals surface area contributed by atoms with E-state index in [1.165, 1.54) is 51.1 Å². The van der Waals surface area contributed by atoms with Crippen LogP contribution in [0.5, 0.6) is 0 Å². The third kappa shape index (κ3) is 10.7. The summed E-state index contributed by atoms with van der Waals surface area (Å²) in [4.78, 5) is 48.9. The summed E-state index contributed by atoms with van der Waals surface area (Å²) < 4.78 is 92.9. The second-order valence-electron chi connectivity index (χ2n) is 23.7. The van der Waals surface area contributed by atoms with Crippen molar-refractivity contribution >= 4 is 39.4 Å². The molecule has 2 aromatic heterocycles. The molecule has 0 bridgehead atoms. The van der Waals surface area contributed by atoms with Gasteiger partial charge in [0.1, 0.15) is 11.5 Å². The molecule has 0 saturated heterocycles. The van der Waals surface area contributed by atoms with Crippen molar-refractivity contribution in [1.29, 1.82) is 0 Å². The normalized spacial score (nSPS) is 40.0. The fraction of sp³-hybridized carbons (Fsp3) is 0.825. The van der Waals surface area contributed by atoms with Crippen LogP contribution in [0.3, 0.4) is 0 Å². The van der Waals surface area contributed by atoms with Crippen molar-refractivity contribution in [3.05, 3.63) is 35.9 Å². The molecule has 8 aliphatic carbocycles. The minimum atomic E-state index is -0.444. The Hall–Kier alpha value is -2.98. The highest BCUT2D eigenvalue weighted by Gasteiger charge is 2.64. The smallest absolute Gasteiger partial charge is 0.358 e. The molecule has 8 saturated carbocycles. The van der Waals surface area contributed by atoms with Crippen LogP contribution in [0.1, 0.15) is 194 Å². The van der Waals surface area contributed by atoms with Crippen LogP contribution in [0.15, 0.2) is 24.5 Å². The Morgan fingerprint density at radius 1 is 0.708 bits per heavy atom. The lowest BCUT2D eigenvalue weighted by atomic mass is 9.44. The van der Waals surface area contributed by atoms with Crippen LogP contribution in [0.25, 0.3) is 0 Å². The molecule has 0 aliphatic heterocycles. The van der Waals surface area contributed by atoms with Gasteiger partial charge in [-0.1, -0.05) is 37.2 Å². The molecule has 72 heavy (non-hydrogen) atoms. The van der Waals surface area contributed by atoms with Crippen molar-refractivity contribution in [2.75, 3.05) is 46.0 Å². The van der Waals surface area contributed by atoms with Crippen LogP contribution in [0, 0.1) is 80.8 Å². The van der Waals surface area contributed by atoms with Crippen LogP contribution in [-0.2, 0) is 35.1 Å². The van der Waals surface area contributed by atoms with Gasteiger partial charge >= 0.3 is 11.9 Å². The summed E-state index contributed by atoms with van der Waals surface area (Å²) in [5.74, 6) is 5.40. The topological polar surface area (TPSA) is 192 Å². The molecular weight excluding hydrogens is 981 g/mol. The van der Waals surface area contributed by atoms with E-state index in [2.05, 4.69) is 49.8 Å². The Morgan fingerprint density at radius 3 is 1.69 bits per heavy atom. The van der Waals surface area contributed by atoms with Crippen molar-refractivity contribution in [3.8, 4) is 0 Å². The van der Waals surface area contributed by atoms with Gasteiger partial charge in [0.2, 0.25) is 0 Å². The molecule has 14 nitrogen and oxygen atoms in total. The zero-order chi connectivity index (χ0) is 64.7. The fourth-order valence-electron chi connectivity index (χ4n) is 17.9. The number of Topliss-reactive ketones (excluding diaryl/α,β-unsaturated/α-hetero) is 2. The summed E-state index contributed by atoms with van der Waals surface area (Å²) in [6.07, 6.45) is 22.9. The molecule has 0 unspecified atom stereocenters. The third-order valence-corrected chi connectivity index (χ3v) is 21.4. The standard InChI is InChI=1S/C28H42N2O5.C22H35BrO3.C6H8N2O2.CH4.8H2/c1-4-35-26(33)24-11-14-30(29-24)16-25(32)23-8-7-21-20-6-5-18-15-19(31)9-13-28(18,17-34-3)22(20)10-12-27(21,23)2;1-21-9-8-18-16(17(21)5-6-19(21)20(25)12-23)4-3-14-11-15(24)7-10-22(14,18)13-26-2;1-2-10-6(9)5-3-4-7-8-5;;;;;;;;;/h11,14,18-23,31H,4-10,12-13,15-17H2,1-3H3;14-19,24H,3-13H2,1-2H3;3-4H,2H2,1H3,(H,7,8);1H4;8*1H/t18-,19+,20-,21-,22-,23+,27-,28+;14-,15+,16-,17-,18-,19+,21-,22+;;;;;;;;;;/m00........../s1/i;;;;7*1+1D;1+1. The first-order valence-corrected chi connectivity index (χ1v) is 28.6. The monoisotopic (exact) mass is 1100 g/mol. The number of hydrogen-bond acceptors (Lipinski definition) is 12. The second kappa shape index (κ2) is 23.9. The van der Waals surface area contributed by atoms with Crippen LogP contribution in [-0.4, -0.2) is 112 Å². The van der Waals surface area contributed by atoms with E-state index in [0.29, 0.717) is 65.5 Å². The van der Waals surface area contributed by atoms with Crippen molar-refractivity contribution in [1.82, 2.24) is 20.0 Å². The second-order valence-corrected chi connectivity index (χ2v) is 24.3. The molecule has 0 spiro atoms. The fourth-order valence-corrected chi connectivity index (χ4v) is 18.3. The summed E-state index contributed by atoms with van der Waals surface area (Å²) in [6, 6.07) is 3.20. The Balaban J connectivity index is 0. The minimum absolute atomic E-state index is 0. The van der Waals surface area contributed by atoms with E-state index < -0.39 is 5.97 Å². The third-order valence-electron chi connectivity index (χ3n) is 20.8. The number of ketones is 2. The number of ether oxygens (including phenoxy) is 4. The number of carbonyl (C=O) groups is 4. The molecule has 2 aromatic rings. The highest BCUT2D eigenvalue weighted by molar-refractivity contribution is 9.09. The Bertz CT molecular complexity index is 2190. The van der Waals surface area contributed by atoms with Crippen LogP contribution in [0.4, 0.5) is 0 Å². The highest BCUT2D eigenvalue weighted by atomic mass is 79.9. The first kappa shape index (κ1) is 47.5. The number of carbonyl (C=O) groups excluding carboxylic acids is 4. The molecule has 16 atom stereocenters. The van der Waals surface area contributed by atoms with Gasteiger partial charge in [-0.2, -0.15) is 10.2 Å². The maximum Gasteiger partial charge on any atom is 0.358 e. The zero-order valence-corrected chi connectivity index (χ0v) is 45.2. The zero-order valence-electron chi connectivity index (χ0n) is 57.6. The van der Waals surface area contributed by atoms with Gasteiger partial charge in [-0.05, 0) is 211 Å². The maximum absolute atomic E-state index is 13.5. The molecule has 15 heteroatoms. The molecule has 3 N–H and O–H groups in total. The van der Waals surface area contributed by atoms with Crippen molar-refractivity contribution in [3.63, 3.8) is 0 Å². The van der Waals surface area contributed by atoms with E-state index in [1.54, 1.807) is 36.9 Å². The van der Waals surface area contributed by atoms with Crippen LogP contribution >= 0.6 is 15.9 Å². The number of aliphatic hydroxyl groups is 2. The van der Waals surface area contributed by atoms with E-state index >= 15 is 0 Å². The van der Waals surface area contributed by atoms with Gasteiger partial charge in [0.05, 0.1) is 50.5 Å². The average Bonchev–Trinajstić information content (AvgIpc) is 1.72. The number of alkyl halides is 1.